The molecule has 3 aromatic rings. The molecule has 0 radical (unpaired) electrons. The highest BCUT2D eigenvalue weighted by atomic mass is 32.1. The van der Waals surface area contributed by atoms with Gasteiger partial charge in [-0.2, -0.15) is 5.10 Å². The van der Waals surface area contributed by atoms with Gasteiger partial charge >= 0.3 is 0 Å². The summed E-state index contributed by atoms with van der Waals surface area (Å²) in [4.78, 5) is 10.9. The van der Waals surface area contributed by atoms with E-state index in [0.717, 1.165) is 35.5 Å². The van der Waals surface area contributed by atoms with E-state index in [4.69, 9.17) is 0 Å². The van der Waals surface area contributed by atoms with Crippen LogP contribution in [0.3, 0.4) is 0 Å². The summed E-state index contributed by atoms with van der Waals surface area (Å²) in [6.07, 6.45) is 6.41. The van der Waals surface area contributed by atoms with E-state index in [2.05, 4.69) is 33.4 Å². The zero-order chi connectivity index (χ0) is 13.1. The molecule has 19 heavy (non-hydrogen) atoms. The topological polar surface area (TPSA) is 55.6 Å². The molecular weight excluding hydrogens is 258 g/mol. The van der Waals surface area contributed by atoms with E-state index in [-0.39, 0.29) is 0 Å². The quantitative estimate of drug-likeness (QED) is 0.726. The van der Waals surface area contributed by atoms with Crippen LogP contribution in [0.15, 0.2) is 30.9 Å². The number of nitrogens with zero attached hydrogens (tertiary/aromatic N) is 4. The average molecular weight is 273 g/mol. The summed E-state index contributed by atoms with van der Waals surface area (Å²) in [6, 6.07) is 4.07. The van der Waals surface area contributed by atoms with Crippen molar-refractivity contribution in [3.05, 3.63) is 35.7 Å². The lowest BCUT2D eigenvalue weighted by molar-refractivity contribution is 0.591. The highest BCUT2D eigenvalue weighted by Gasteiger charge is 2.05. The number of anilines is 1. The van der Waals surface area contributed by atoms with Crippen molar-refractivity contribution in [3.8, 4) is 0 Å². The minimum absolute atomic E-state index is 0.876. The first-order chi connectivity index (χ1) is 9.33. The van der Waals surface area contributed by atoms with Gasteiger partial charge in [-0.3, -0.25) is 4.68 Å². The van der Waals surface area contributed by atoms with Crippen LogP contribution in [0.2, 0.25) is 0 Å². The maximum Gasteiger partial charge on any atom is 0.138 e. The first-order valence-corrected chi connectivity index (χ1v) is 7.07. The minimum Gasteiger partial charge on any atom is -0.369 e. The first kappa shape index (κ1) is 12.1. The monoisotopic (exact) mass is 273 g/mol. The van der Waals surface area contributed by atoms with Crippen LogP contribution in [0.1, 0.15) is 11.3 Å². The summed E-state index contributed by atoms with van der Waals surface area (Å²) in [5.41, 5.74) is 0. The molecule has 0 aliphatic rings. The van der Waals surface area contributed by atoms with E-state index in [9.17, 15) is 0 Å². The number of fused-ring (bicyclic) bond motifs is 1. The minimum atomic E-state index is 0.876. The van der Waals surface area contributed by atoms with Crippen molar-refractivity contribution in [2.24, 2.45) is 0 Å². The van der Waals surface area contributed by atoms with E-state index in [1.807, 2.05) is 16.9 Å². The van der Waals surface area contributed by atoms with E-state index >= 15 is 0 Å². The number of hydrogen-bond donors (Lipinski definition) is 1. The first-order valence-electron chi connectivity index (χ1n) is 6.25. The second-order valence-corrected chi connectivity index (χ2v) is 5.58. The maximum atomic E-state index is 4.32. The molecule has 0 atom stereocenters. The van der Waals surface area contributed by atoms with Crippen molar-refractivity contribution < 1.29 is 0 Å². The third kappa shape index (κ3) is 2.73. The normalized spacial score (nSPS) is 11.0. The number of nitrogens with one attached hydrogen (secondary N) is 1. The summed E-state index contributed by atoms with van der Waals surface area (Å²) < 4.78 is 1.94. The summed E-state index contributed by atoms with van der Waals surface area (Å²) in [5.74, 6) is 0.926. The molecule has 3 aromatic heterocycles. The predicted molar refractivity (Wildman–Crippen MR) is 77.5 cm³/mol. The number of aryl methyl sites for hydroxylation is 2. The van der Waals surface area contributed by atoms with Crippen molar-refractivity contribution in [1.82, 2.24) is 19.7 Å². The van der Waals surface area contributed by atoms with Gasteiger partial charge in [0, 0.05) is 30.4 Å². The molecule has 6 heteroatoms. The molecule has 98 valence electrons. The van der Waals surface area contributed by atoms with Crippen molar-refractivity contribution in [2.45, 2.75) is 19.9 Å². The lowest BCUT2D eigenvalue weighted by Gasteiger charge is -2.06. The largest absolute Gasteiger partial charge is 0.369 e. The Hall–Kier alpha value is -1.95. The molecule has 0 bridgehead atoms. The Bertz CT molecular complexity index is 659. The van der Waals surface area contributed by atoms with E-state index in [1.165, 1.54) is 4.88 Å². The van der Waals surface area contributed by atoms with Crippen molar-refractivity contribution in [1.29, 1.82) is 0 Å². The summed E-state index contributed by atoms with van der Waals surface area (Å²) in [7, 11) is 0. The highest BCUT2D eigenvalue weighted by molar-refractivity contribution is 7.18. The van der Waals surface area contributed by atoms with Gasteiger partial charge < -0.3 is 5.32 Å². The van der Waals surface area contributed by atoms with Crippen molar-refractivity contribution >= 4 is 27.4 Å². The average Bonchev–Trinajstić information content (AvgIpc) is 3.02. The van der Waals surface area contributed by atoms with Crippen LogP contribution in [0.4, 0.5) is 5.82 Å². The molecule has 5 nitrogen and oxygen atoms in total. The van der Waals surface area contributed by atoms with E-state index < -0.39 is 0 Å². The molecular formula is C13H15N5S. The molecule has 0 unspecified atom stereocenters. The maximum absolute atomic E-state index is 4.32. The van der Waals surface area contributed by atoms with Gasteiger partial charge in [0.25, 0.3) is 0 Å². The van der Waals surface area contributed by atoms with Crippen LogP contribution in [0, 0.1) is 6.92 Å². The second-order valence-electron chi connectivity index (χ2n) is 4.35. The third-order valence-corrected chi connectivity index (χ3v) is 3.83. The molecule has 0 fully saturated rings. The molecule has 3 heterocycles. The molecule has 0 saturated heterocycles. The Kier molecular flexibility index (Phi) is 3.41. The van der Waals surface area contributed by atoms with Gasteiger partial charge in [0.05, 0.1) is 5.39 Å². The lowest BCUT2D eigenvalue weighted by atomic mass is 10.3. The Morgan fingerprint density at radius 1 is 1.37 bits per heavy atom. The fourth-order valence-corrected chi connectivity index (χ4v) is 2.84. The smallest absolute Gasteiger partial charge is 0.138 e. The fraction of sp³-hybridized carbons (Fsp3) is 0.308. The zero-order valence-electron chi connectivity index (χ0n) is 10.7. The molecule has 0 aliphatic carbocycles. The van der Waals surface area contributed by atoms with Crippen molar-refractivity contribution in [3.63, 3.8) is 0 Å². The van der Waals surface area contributed by atoms with Crippen molar-refractivity contribution in [2.75, 3.05) is 11.9 Å². The van der Waals surface area contributed by atoms with Crippen LogP contribution in [-0.2, 0) is 6.54 Å². The molecule has 0 spiro atoms. The Morgan fingerprint density at radius 3 is 3.16 bits per heavy atom. The Labute approximate surface area is 115 Å². The fourth-order valence-electron chi connectivity index (χ4n) is 2.00. The zero-order valence-corrected chi connectivity index (χ0v) is 11.5. The van der Waals surface area contributed by atoms with Gasteiger partial charge in [0.2, 0.25) is 0 Å². The standard InChI is InChI=1S/C13H15N5S/c1-10-8-11-12(15-9-16-13(11)19-10)14-4-2-6-18-7-3-5-17-18/h3,5,7-9H,2,4,6H2,1H3,(H,14,15,16). The van der Waals surface area contributed by atoms with Gasteiger partial charge in [-0.05, 0) is 25.5 Å². The van der Waals surface area contributed by atoms with Gasteiger partial charge in [-0.15, -0.1) is 11.3 Å². The number of rotatable bonds is 5. The van der Waals surface area contributed by atoms with Crippen LogP contribution in [0.25, 0.3) is 10.2 Å². The van der Waals surface area contributed by atoms with Crippen LogP contribution in [-0.4, -0.2) is 26.3 Å². The van der Waals surface area contributed by atoms with Gasteiger partial charge in [0.1, 0.15) is 17.0 Å². The highest BCUT2D eigenvalue weighted by Crippen LogP contribution is 2.27. The summed E-state index contributed by atoms with van der Waals surface area (Å²) in [5, 5.41) is 8.67. The molecule has 1 N–H and O–H groups in total. The number of thiophene rings is 1. The Morgan fingerprint density at radius 2 is 2.32 bits per heavy atom. The molecule has 0 amide bonds. The van der Waals surface area contributed by atoms with Crippen LogP contribution in [0.5, 0.6) is 0 Å². The van der Waals surface area contributed by atoms with E-state index in [1.54, 1.807) is 23.9 Å². The molecule has 0 saturated carbocycles. The predicted octanol–water partition coefficient (Wildman–Crippen LogP) is 2.70. The van der Waals surface area contributed by atoms with Gasteiger partial charge in [-0.1, -0.05) is 0 Å². The number of hydrogen-bond acceptors (Lipinski definition) is 5. The summed E-state index contributed by atoms with van der Waals surface area (Å²) >= 11 is 1.70. The van der Waals surface area contributed by atoms with Gasteiger partial charge in [0.15, 0.2) is 0 Å². The second kappa shape index (κ2) is 5.36. The van der Waals surface area contributed by atoms with Crippen LogP contribution < -0.4 is 5.32 Å². The third-order valence-electron chi connectivity index (χ3n) is 2.87. The van der Waals surface area contributed by atoms with Crippen LogP contribution >= 0.6 is 11.3 Å². The lowest BCUT2D eigenvalue weighted by Crippen LogP contribution is -2.08. The molecule has 0 aliphatic heterocycles. The summed E-state index contributed by atoms with van der Waals surface area (Å²) in [6.45, 7) is 3.88. The molecule has 0 aromatic carbocycles. The Balaban J connectivity index is 1.62. The molecule has 3 rings (SSSR count). The SMILES string of the molecule is Cc1cc2c(NCCCn3cccn3)ncnc2s1. The number of aromatic nitrogens is 4. The van der Waals surface area contributed by atoms with Gasteiger partial charge in [-0.25, -0.2) is 9.97 Å². The van der Waals surface area contributed by atoms with E-state index in [0.29, 0.717) is 0 Å².